The minimum absolute atomic E-state index is 0.0471. The van der Waals surface area contributed by atoms with Crippen molar-refractivity contribution in [1.29, 1.82) is 0 Å². The summed E-state index contributed by atoms with van der Waals surface area (Å²) in [6.07, 6.45) is -5.71. The largest absolute Gasteiger partial charge is 0.457 e. The standard InChI is InChI=1S/C8H11BrF5N3/c1-2-3-4-17-6(16(9)5-15-17)7(10,11)8(12,13)14/h5-6H,2-4H2,1H3. The highest BCUT2D eigenvalue weighted by atomic mass is 79.9. The third-order valence-corrected chi connectivity index (χ3v) is 2.84. The lowest BCUT2D eigenvalue weighted by Gasteiger charge is -2.34. The van der Waals surface area contributed by atoms with Crippen LogP contribution in [0.4, 0.5) is 22.0 Å². The summed E-state index contributed by atoms with van der Waals surface area (Å²) < 4.78 is 63.9. The number of rotatable bonds is 4. The van der Waals surface area contributed by atoms with Gasteiger partial charge in [0.2, 0.25) is 6.17 Å². The molecule has 0 amide bonds. The van der Waals surface area contributed by atoms with Gasteiger partial charge in [0.1, 0.15) is 6.34 Å². The fourth-order valence-electron chi connectivity index (χ4n) is 1.36. The molecule has 0 aromatic carbocycles. The van der Waals surface area contributed by atoms with Crippen molar-refractivity contribution in [3.8, 4) is 0 Å². The molecule has 9 heteroatoms. The predicted molar refractivity (Wildman–Crippen MR) is 55.7 cm³/mol. The Hall–Kier alpha value is -0.600. The van der Waals surface area contributed by atoms with E-state index in [1.54, 1.807) is 0 Å². The smallest absolute Gasteiger partial charge is 0.268 e. The first-order valence-electron chi connectivity index (χ1n) is 4.91. The summed E-state index contributed by atoms with van der Waals surface area (Å²) in [5.41, 5.74) is 0. The van der Waals surface area contributed by atoms with Crippen LogP contribution in [0.15, 0.2) is 5.10 Å². The molecule has 1 atom stereocenters. The van der Waals surface area contributed by atoms with E-state index in [9.17, 15) is 22.0 Å². The van der Waals surface area contributed by atoms with Crippen LogP contribution < -0.4 is 0 Å². The molecule has 1 unspecified atom stereocenters. The summed E-state index contributed by atoms with van der Waals surface area (Å²) >= 11 is 2.63. The van der Waals surface area contributed by atoms with Gasteiger partial charge in [-0.05, 0) is 6.42 Å². The molecule has 0 N–H and O–H groups in total. The van der Waals surface area contributed by atoms with Crippen LogP contribution in [-0.4, -0.2) is 40.1 Å². The Labute approximate surface area is 104 Å². The fourth-order valence-corrected chi connectivity index (χ4v) is 1.91. The summed E-state index contributed by atoms with van der Waals surface area (Å²) in [7, 11) is 0. The SMILES string of the molecule is CCCCN1N=CN(Br)C1C(F)(F)C(F)(F)F. The summed E-state index contributed by atoms with van der Waals surface area (Å²) in [4.78, 5) is 0. The van der Waals surface area contributed by atoms with Gasteiger partial charge in [0.25, 0.3) is 0 Å². The van der Waals surface area contributed by atoms with Crippen molar-refractivity contribution >= 4 is 22.5 Å². The molecule has 100 valence electrons. The summed E-state index contributed by atoms with van der Waals surface area (Å²) in [6, 6.07) is 0. The molecule has 17 heavy (non-hydrogen) atoms. The number of halogens is 6. The Morgan fingerprint density at radius 2 is 1.88 bits per heavy atom. The number of hydrazone groups is 1. The topological polar surface area (TPSA) is 18.8 Å². The summed E-state index contributed by atoms with van der Waals surface area (Å²) in [5, 5.41) is 4.26. The molecular weight excluding hydrogens is 313 g/mol. The van der Waals surface area contributed by atoms with Gasteiger partial charge in [-0.25, -0.2) is 0 Å². The zero-order valence-corrected chi connectivity index (χ0v) is 10.5. The molecule has 0 radical (unpaired) electrons. The van der Waals surface area contributed by atoms with Crippen molar-refractivity contribution in [2.75, 3.05) is 6.54 Å². The third kappa shape index (κ3) is 2.80. The minimum Gasteiger partial charge on any atom is -0.268 e. The van der Waals surface area contributed by atoms with E-state index in [-0.39, 0.29) is 6.54 Å². The Balaban J connectivity index is 2.86. The second-order valence-electron chi connectivity index (χ2n) is 3.59. The maximum Gasteiger partial charge on any atom is 0.457 e. The number of nitrogens with zero attached hydrogens (tertiary/aromatic N) is 3. The first-order chi connectivity index (χ1) is 7.71. The lowest BCUT2D eigenvalue weighted by atomic mass is 10.2. The molecule has 0 aromatic heterocycles. The first-order valence-corrected chi connectivity index (χ1v) is 5.62. The van der Waals surface area contributed by atoms with Gasteiger partial charge in [-0.2, -0.15) is 27.1 Å². The van der Waals surface area contributed by atoms with Crippen molar-refractivity contribution in [2.45, 2.75) is 38.0 Å². The van der Waals surface area contributed by atoms with Crippen molar-refractivity contribution in [3.63, 3.8) is 0 Å². The highest BCUT2D eigenvalue weighted by Crippen LogP contribution is 2.43. The van der Waals surface area contributed by atoms with Crippen molar-refractivity contribution in [2.24, 2.45) is 5.10 Å². The van der Waals surface area contributed by atoms with Gasteiger partial charge in [-0.15, -0.1) is 0 Å². The van der Waals surface area contributed by atoms with E-state index in [2.05, 4.69) is 21.2 Å². The van der Waals surface area contributed by atoms with Crippen LogP contribution >= 0.6 is 16.1 Å². The molecule has 1 heterocycles. The maximum absolute atomic E-state index is 13.2. The van der Waals surface area contributed by atoms with E-state index in [1.807, 2.05) is 6.92 Å². The molecule has 0 spiro atoms. The van der Waals surface area contributed by atoms with Crippen LogP contribution in [0.5, 0.6) is 0 Å². The molecule has 0 saturated carbocycles. The van der Waals surface area contributed by atoms with E-state index >= 15 is 0 Å². The molecule has 0 bridgehead atoms. The van der Waals surface area contributed by atoms with Crippen LogP contribution in [0, 0.1) is 0 Å². The van der Waals surface area contributed by atoms with E-state index in [0.29, 0.717) is 16.8 Å². The Morgan fingerprint density at radius 3 is 2.35 bits per heavy atom. The molecule has 0 saturated heterocycles. The number of unbranched alkanes of at least 4 members (excludes halogenated alkanes) is 1. The Kier molecular flexibility index (Phi) is 4.21. The van der Waals surface area contributed by atoms with E-state index in [0.717, 1.165) is 11.3 Å². The van der Waals surface area contributed by atoms with Crippen molar-refractivity contribution < 1.29 is 22.0 Å². The second-order valence-corrected chi connectivity index (χ2v) is 4.41. The summed E-state index contributed by atoms with van der Waals surface area (Å²) in [5.74, 6) is -4.86. The first kappa shape index (κ1) is 14.5. The third-order valence-electron chi connectivity index (χ3n) is 2.27. The Bertz CT molecular complexity index is 293. The lowest BCUT2D eigenvalue weighted by molar-refractivity contribution is -0.309. The van der Waals surface area contributed by atoms with Gasteiger partial charge in [0.15, 0.2) is 0 Å². The molecule has 3 nitrogen and oxygen atoms in total. The monoisotopic (exact) mass is 323 g/mol. The van der Waals surface area contributed by atoms with Crippen molar-refractivity contribution in [3.05, 3.63) is 0 Å². The van der Waals surface area contributed by atoms with Gasteiger partial charge >= 0.3 is 12.1 Å². The summed E-state index contributed by atoms with van der Waals surface area (Å²) in [6.45, 7) is 1.86. The fraction of sp³-hybridized carbons (Fsp3) is 0.875. The predicted octanol–water partition coefficient (Wildman–Crippen LogP) is 3.18. The highest BCUT2D eigenvalue weighted by molar-refractivity contribution is 9.07. The van der Waals surface area contributed by atoms with Crippen LogP contribution in [0.3, 0.4) is 0 Å². The number of hydrogen-bond acceptors (Lipinski definition) is 3. The lowest BCUT2D eigenvalue weighted by Crippen LogP contribution is -2.56. The minimum atomic E-state index is -5.61. The van der Waals surface area contributed by atoms with Gasteiger partial charge in [-0.1, -0.05) is 13.3 Å². The number of alkyl halides is 5. The molecular formula is C8H11BrF5N3. The van der Waals surface area contributed by atoms with Crippen LogP contribution in [0.1, 0.15) is 19.8 Å². The van der Waals surface area contributed by atoms with Crippen LogP contribution in [-0.2, 0) is 0 Å². The molecule has 1 rings (SSSR count). The van der Waals surface area contributed by atoms with E-state index in [1.165, 1.54) is 0 Å². The molecule has 0 fully saturated rings. The average Bonchev–Trinajstić information content (AvgIpc) is 2.55. The molecule has 1 aliphatic rings. The molecule has 0 aromatic rings. The van der Waals surface area contributed by atoms with Crippen molar-refractivity contribution in [1.82, 2.24) is 8.93 Å². The van der Waals surface area contributed by atoms with Crippen LogP contribution in [0.2, 0.25) is 0 Å². The highest BCUT2D eigenvalue weighted by Gasteiger charge is 2.66. The van der Waals surface area contributed by atoms with Crippen LogP contribution in [0.25, 0.3) is 0 Å². The van der Waals surface area contributed by atoms with Gasteiger partial charge in [0.05, 0.1) is 16.1 Å². The van der Waals surface area contributed by atoms with E-state index < -0.39 is 18.3 Å². The molecule has 1 aliphatic heterocycles. The van der Waals surface area contributed by atoms with Gasteiger partial charge in [0, 0.05) is 6.54 Å². The second kappa shape index (κ2) is 4.95. The normalized spacial score (nSPS) is 21.5. The quantitative estimate of drug-likeness (QED) is 0.584. The van der Waals surface area contributed by atoms with Gasteiger partial charge < -0.3 is 0 Å². The maximum atomic E-state index is 13.2. The molecule has 0 aliphatic carbocycles. The zero-order chi connectivity index (χ0) is 13.3. The Morgan fingerprint density at radius 1 is 1.29 bits per heavy atom. The number of hydrogen-bond donors (Lipinski definition) is 0. The van der Waals surface area contributed by atoms with Gasteiger partial charge in [-0.3, -0.25) is 8.93 Å². The zero-order valence-electron chi connectivity index (χ0n) is 8.89. The van der Waals surface area contributed by atoms with E-state index in [4.69, 9.17) is 0 Å². The average molecular weight is 324 g/mol.